The van der Waals surface area contributed by atoms with Crippen LogP contribution in [0.2, 0.25) is 0 Å². The zero-order chi connectivity index (χ0) is 30.3. The Hall–Kier alpha value is -2.95. The minimum absolute atomic E-state index is 0.252. The maximum atomic E-state index is 12.9. The van der Waals surface area contributed by atoms with Crippen molar-refractivity contribution in [2.75, 3.05) is 26.3 Å². The van der Waals surface area contributed by atoms with E-state index in [1.807, 2.05) is 62.4 Å². The molecule has 232 valence electrons. The minimum atomic E-state index is -3.27. The van der Waals surface area contributed by atoms with E-state index in [-0.39, 0.29) is 5.25 Å². The Balaban J connectivity index is 0.975. The molecule has 0 saturated heterocycles. The summed E-state index contributed by atoms with van der Waals surface area (Å²) in [6.45, 7) is 6.56. The predicted molar refractivity (Wildman–Crippen MR) is 165 cm³/mol. The van der Waals surface area contributed by atoms with Gasteiger partial charge in [0.1, 0.15) is 18.1 Å². The van der Waals surface area contributed by atoms with Crippen molar-refractivity contribution in [3.05, 3.63) is 89.0 Å². The largest absolute Gasteiger partial charge is 0.491 e. The van der Waals surface area contributed by atoms with Gasteiger partial charge >= 0.3 is 0 Å². The highest BCUT2D eigenvalue weighted by Crippen LogP contribution is 2.33. The molecule has 5 rings (SSSR count). The van der Waals surface area contributed by atoms with Crippen LogP contribution in [0.5, 0.6) is 11.5 Å². The number of benzene rings is 3. The van der Waals surface area contributed by atoms with Gasteiger partial charge in [-0.1, -0.05) is 43.2 Å². The van der Waals surface area contributed by atoms with Crippen molar-refractivity contribution >= 4 is 9.84 Å². The van der Waals surface area contributed by atoms with Crippen molar-refractivity contribution in [3.63, 3.8) is 0 Å². The first kappa shape index (κ1) is 31.5. The lowest BCUT2D eigenvalue weighted by Gasteiger charge is -2.33. The number of hydrogen-bond donors (Lipinski definition) is 2. The molecule has 1 heterocycles. The molecule has 0 bridgehead atoms. The molecule has 2 N–H and O–H groups in total. The van der Waals surface area contributed by atoms with Crippen LogP contribution < -0.4 is 14.8 Å². The van der Waals surface area contributed by atoms with E-state index < -0.39 is 21.7 Å². The molecule has 1 aliphatic carbocycles. The first-order chi connectivity index (χ1) is 20.7. The molecule has 0 unspecified atom stereocenters. The van der Waals surface area contributed by atoms with Crippen molar-refractivity contribution in [3.8, 4) is 11.5 Å². The lowest BCUT2D eigenvalue weighted by atomic mass is 10.0. The Kier molecular flexibility index (Phi) is 10.4. The van der Waals surface area contributed by atoms with E-state index in [1.165, 1.54) is 5.56 Å². The summed E-state index contributed by atoms with van der Waals surface area (Å²) < 4.78 is 48.8. The number of ether oxygens (including phenoxy) is 4. The van der Waals surface area contributed by atoms with Gasteiger partial charge in [-0.05, 0) is 78.9 Å². The van der Waals surface area contributed by atoms with Crippen LogP contribution in [-0.4, -0.2) is 50.9 Å². The van der Waals surface area contributed by atoms with Crippen molar-refractivity contribution in [1.29, 1.82) is 0 Å². The van der Waals surface area contributed by atoms with Crippen LogP contribution >= 0.6 is 0 Å². The number of hydrogen-bond acceptors (Lipinski definition) is 8. The molecular weight excluding hydrogens is 566 g/mol. The monoisotopic (exact) mass is 609 g/mol. The van der Waals surface area contributed by atoms with Crippen molar-refractivity contribution in [2.24, 2.45) is 0 Å². The number of nitrogens with one attached hydrogen (secondary N) is 1. The number of aliphatic hydroxyl groups excluding tert-OH is 1. The highest BCUT2D eigenvalue weighted by Gasteiger charge is 2.30. The summed E-state index contributed by atoms with van der Waals surface area (Å²) in [5.41, 5.74) is 3.80. The molecule has 0 aromatic heterocycles. The predicted octanol–water partition coefficient (Wildman–Crippen LogP) is 5.51. The summed E-state index contributed by atoms with van der Waals surface area (Å²) in [6, 6.07) is 20.8. The van der Waals surface area contributed by atoms with Gasteiger partial charge in [-0.3, -0.25) is 0 Å². The molecule has 43 heavy (non-hydrogen) atoms. The number of sulfone groups is 1. The standard InChI is InChI=1S/C34H43NO7S/c1-34(2)41-24-28-21-27(12-15-33(28)42-34)32(36)22-35-17-16-25-10-13-29(14-11-25)40-19-18-39-23-26-6-5-9-31(20-26)43(37,38)30-7-3-4-8-30/h5-6,9-15,20-21,30,32,35-36H,3-4,7-8,16-19,22-24H2,1-2H3/t32-/m0/s1. The Bertz CT molecular complexity index is 1450. The molecule has 0 amide bonds. The fraction of sp³-hybridized carbons (Fsp3) is 0.471. The van der Waals surface area contributed by atoms with E-state index in [0.29, 0.717) is 37.9 Å². The Morgan fingerprint density at radius 2 is 1.79 bits per heavy atom. The van der Waals surface area contributed by atoms with E-state index in [1.54, 1.807) is 18.2 Å². The van der Waals surface area contributed by atoms with Crippen LogP contribution in [0.25, 0.3) is 0 Å². The summed E-state index contributed by atoms with van der Waals surface area (Å²) in [5.74, 6) is 0.935. The molecule has 2 aliphatic rings. The van der Waals surface area contributed by atoms with E-state index in [9.17, 15) is 13.5 Å². The Morgan fingerprint density at radius 3 is 2.58 bits per heavy atom. The van der Waals surface area contributed by atoms with Crippen molar-refractivity contribution in [2.45, 2.75) is 81.2 Å². The first-order valence-electron chi connectivity index (χ1n) is 15.2. The number of aliphatic hydroxyl groups is 1. The van der Waals surface area contributed by atoms with Crippen LogP contribution in [0.4, 0.5) is 0 Å². The second-order valence-electron chi connectivity index (χ2n) is 11.8. The highest BCUT2D eigenvalue weighted by molar-refractivity contribution is 7.92. The third kappa shape index (κ3) is 8.58. The van der Waals surface area contributed by atoms with Crippen LogP contribution in [0.3, 0.4) is 0 Å². The van der Waals surface area contributed by atoms with Gasteiger partial charge in [0.05, 0.1) is 36.1 Å². The van der Waals surface area contributed by atoms with Gasteiger partial charge in [0, 0.05) is 26.0 Å². The average molecular weight is 610 g/mol. The van der Waals surface area contributed by atoms with E-state index in [0.717, 1.165) is 66.8 Å². The third-order valence-electron chi connectivity index (χ3n) is 7.98. The zero-order valence-electron chi connectivity index (χ0n) is 25.1. The van der Waals surface area contributed by atoms with Crippen LogP contribution in [0.1, 0.15) is 67.9 Å². The van der Waals surface area contributed by atoms with Crippen LogP contribution in [0, 0.1) is 0 Å². The van der Waals surface area contributed by atoms with Gasteiger partial charge < -0.3 is 29.4 Å². The lowest BCUT2D eigenvalue weighted by Crippen LogP contribution is -2.35. The van der Waals surface area contributed by atoms with Crippen molar-refractivity contribution < 1.29 is 32.5 Å². The molecule has 1 fully saturated rings. The quantitative estimate of drug-likeness (QED) is 0.231. The average Bonchev–Trinajstić information content (AvgIpc) is 3.56. The summed E-state index contributed by atoms with van der Waals surface area (Å²) in [4.78, 5) is 0.396. The third-order valence-corrected chi connectivity index (χ3v) is 10.2. The highest BCUT2D eigenvalue weighted by atomic mass is 32.2. The molecule has 3 aromatic carbocycles. The van der Waals surface area contributed by atoms with Gasteiger partial charge in [0.2, 0.25) is 5.79 Å². The summed E-state index contributed by atoms with van der Waals surface area (Å²) >= 11 is 0. The van der Waals surface area contributed by atoms with Gasteiger partial charge in [-0.2, -0.15) is 0 Å². The maximum absolute atomic E-state index is 12.9. The number of rotatable bonds is 14. The van der Waals surface area contributed by atoms with Crippen LogP contribution in [-0.2, 0) is 38.9 Å². The minimum Gasteiger partial charge on any atom is -0.491 e. The molecule has 1 saturated carbocycles. The molecular formula is C34H43NO7S. The number of fused-ring (bicyclic) bond motifs is 1. The van der Waals surface area contributed by atoms with Crippen LogP contribution in [0.15, 0.2) is 71.6 Å². The molecule has 1 atom stereocenters. The Labute approximate surface area is 255 Å². The fourth-order valence-electron chi connectivity index (χ4n) is 5.52. The smallest absolute Gasteiger partial charge is 0.205 e. The second kappa shape index (κ2) is 14.2. The molecule has 1 aliphatic heterocycles. The van der Waals surface area contributed by atoms with E-state index >= 15 is 0 Å². The van der Waals surface area contributed by atoms with Crippen molar-refractivity contribution in [1.82, 2.24) is 5.32 Å². The SMILES string of the molecule is CC1(C)OCc2cc([C@@H](O)CNCCc3ccc(OCCOCc4cccc(S(=O)(=O)C5CCCC5)c4)cc3)ccc2O1. The summed E-state index contributed by atoms with van der Waals surface area (Å²) in [5, 5.41) is 13.7. The van der Waals surface area contributed by atoms with Gasteiger partial charge in [0.15, 0.2) is 9.84 Å². The topological polar surface area (TPSA) is 103 Å². The molecule has 0 radical (unpaired) electrons. The molecule has 9 heteroatoms. The van der Waals surface area contributed by atoms with Gasteiger partial charge in [0.25, 0.3) is 0 Å². The molecule has 8 nitrogen and oxygen atoms in total. The van der Waals surface area contributed by atoms with Gasteiger partial charge in [-0.15, -0.1) is 0 Å². The molecule has 3 aromatic rings. The van der Waals surface area contributed by atoms with Gasteiger partial charge in [-0.25, -0.2) is 8.42 Å². The fourth-order valence-corrected chi connectivity index (χ4v) is 7.44. The lowest BCUT2D eigenvalue weighted by molar-refractivity contribution is -0.180. The summed E-state index contributed by atoms with van der Waals surface area (Å²) in [6.07, 6.45) is 3.69. The van der Waals surface area contributed by atoms with E-state index in [4.69, 9.17) is 18.9 Å². The normalized spacial score (nSPS) is 17.3. The Morgan fingerprint density at radius 1 is 1.00 bits per heavy atom. The second-order valence-corrected chi connectivity index (χ2v) is 14.0. The summed E-state index contributed by atoms with van der Waals surface area (Å²) in [7, 11) is -3.27. The molecule has 0 spiro atoms. The maximum Gasteiger partial charge on any atom is 0.205 e. The first-order valence-corrected chi connectivity index (χ1v) is 16.7. The van der Waals surface area contributed by atoms with E-state index in [2.05, 4.69) is 5.32 Å². The zero-order valence-corrected chi connectivity index (χ0v) is 25.9.